The zero-order chi connectivity index (χ0) is 29.6. The van der Waals surface area contributed by atoms with Gasteiger partial charge in [0.05, 0.1) is 17.8 Å². The lowest BCUT2D eigenvalue weighted by Crippen LogP contribution is -2.30. The van der Waals surface area contributed by atoms with Crippen molar-refractivity contribution >= 4 is 29.1 Å². The van der Waals surface area contributed by atoms with Crippen molar-refractivity contribution in [1.29, 1.82) is 0 Å². The fourth-order valence-electron chi connectivity index (χ4n) is 4.46. The Balaban J connectivity index is 1.39. The lowest BCUT2D eigenvalue weighted by molar-refractivity contribution is 0.0949. The first-order valence-electron chi connectivity index (χ1n) is 13.1. The van der Waals surface area contributed by atoms with Crippen LogP contribution in [0.5, 0.6) is 11.5 Å². The fourth-order valence-corrected chi connectivity index (χ4v) is 4.59. The molecule has 1 aromatic heterocycles. The summed E-state index contributed by atoms with van der Waals surface area (Å²) in [6, 6.07) is 27.7. The number of anilines is 1. The second-order valence-corrected chi connectivity index (χ2v) is 10.0. The van der Waals surface area contributed by atoms with Crippen molar-refractivity contribution in [3.63, 3.8) is 0 Å². The minimum Gasteiger partial charge on any atom is -0.508 e. The molecule has 9 heteroatoms. The molecule has 0 fully saturated rings. The second kappa shape index (κ2) is 12.5. The lowest BCUT2D eigenvalue weighted by Gasteiger charge is -2.24. The van der Waals surface area contributed by atoms with Gasteiger partial charge in [-0.15, -0.1) is 0 Å². The number of carbonyl (C=O) groups excluding carboxylic acids is 2. The molecule has 3 N–H and O–H groups in total. The van der Waals surface area contributed by atoms with Crippen LogP contribution >= 0.6 is 11.6 Å². The molecule has 0 spiro atoms. The third kappa shape index (κ3) is 6.56. The first-order valence-corrected chi connectivity index (χ1v) is 13.5. The number of carbonyl (C=O) groups is 2. The van der Waals surface area contributed by atoms with Gasteiger partial charge < -0.3 is 20.4 Å². The Kier molecular flexibility index (Phi) is 8.45. The van der Waals surface area contributed by atoms with Crippen LogP contribution in [-0.2, 0) is 13.1 Å². The van der Waals surface area contributed by atoms with Crippen molar-refractivity contribution in [2.45, 2.75) is 20.0 Å². The van der Waals surface area contributed by atoms with Gasteiger partial charge in [-0.05, 0) is 71.6 Å². The highest BCUT2D eigenvalue weighted by atomic mass is 35.5. The summed E-state index contributed by atoms with van der Waals surface area (Å²) in [4.78, 5) is 36.0. The van der Waals surface area contributed by atoms with Crippen LogP contribution in [0.2, 0.25) is 5.28 Å². The van der Waals surface area contributed by atoms with Crippen LogP contribution in [0, 0.1) is 6.92 Å². The Morgan fingerprint density at radius 2 is 1.57 bits per heavy atom. The molecule has 5 rings (SSSR count). The van der Waals surface area contributed by atoms with Crippen LogP contribution in [0.3, 0.4) is 0 Å². The normalized spacial score (nSPS) is 10.7. The number of aromatic hydroxyl groups is 2. The molecule has 0 aliphatic carbocycles. The van der Waals surface area contributed by atoms with Gasteiger partial charge in [0.25, 0.3) is 11.8 Å². The maximum Gasteiger partial charge on any atom is 0.262 e. The van der Waals surface area contributed by atoms with Crippen LogP contribution in [-0.4, -0.2) is 32.0 Å². The SMILES string of the molecule is Cc1cnc(Cl)nc1-c1ccc(N(Cc2ccc(CNC(=O)c3ccccc3)cc2)C(=O)c2ccc(O)cc2O)cc1. The topological polar surface area (TPSA) is 116 Å². The molecule has 42 heavy (non-hydrogen) atoms. The zero-order valence-electron chi connectivity index (χ0n) is 22.7. The number of rotatable bonds is 8. The van der Waals surface area contributed by atoms with Crippen molar-refractivity contribution in [2.75, 3.05) is 4.90 Å². The predicted molar refractivity (Wildman–Crippen MR) is 162 cm³/mol. The molecule has 0 aliphatic heterocycles. The predicted octanol–water partition coefficient (Wildman–Crippen LogP) is 6.29. The number of benzene rings is 4. The summed E-state index contributed by atoms with van der Waals surface area (Å²) in [6.07, 6.45) is 1.65. The van der Waals surface area contributed by atoms with Crippen molar-refractivity contribution in [3.05, 3.63) is 136 Å². The summed E-state index contributed by atoms with van der Waals surface area (Å²) >= 11 is 6.01. The highest BCUT2D eigenvalue weighted by Crippen LogP contribution is 2.30. The first kappa shape index (κ1) is 28.3. The first-order chi connectivity index (χ1) is 20.3. The average Bonchev–Trinajstić information content (AvgIpc) is 3.01. The van der Waals surface area contributed by atoms with Crippen LogP contribution < -0.4 is 10.2 Å². The van der Waals surface area contributed by atoms with Gasteiger partial charge in [-0.3, -0.25) is 9.59 Å². The maximum atomic E-state index is 13.7. The van der Waals surface area contributed by atoms with Crippen molar-refractivity contribution < 1.29 is 19.8 Å². The molecule has 1 heterocycles. The molecule has 0 saturated carbocycles. The fraction of sp³-hybridized carbons (Fsp3) is 0.0909. The molecule has 0 bridgehead atoms. The summed E-state index contributed by atoms with van der Waals surface area (Å²) < 4.78 is 0. The van der Waals surface area contributed by atoms with E-state index >= 15 is 0 Å². The number of amides is 2. The standard InChI is InChI=1S/C33H27ClN4O4/c1-21-18-36-33(34)37-30(21)24-11-13-26(14-12-24)38(32(42)28-16-15-27(39)17-29(28)40)20-23-9-7-22(8-10-23)19-35-31(41)25-5-3-2-4-6-25/h2-18,39-40H,19-20H2,1H3,(H,35,41). The van der Waals surface area contributed by atoms with E-state index < -0.39 is 5.91 Å². The number of phenols is 2. The van der Waals surface area contributed by atoms with Gasteiger partial charge in [-0.2, -0.15) is 0 Å². The molecular formula is C33H27ClN4O4. The maximum absolute atomic E-state index is 13.7. The monoisotopic (exact) mass is 578 g/mol. The number of phenolic OH excluding ortho intramolecular Hbond substituents is 2. The molecule has 0 saturated heterocycles. The van der Waals surface area contributed by atoms with E-state index in [-0.39, 0.29) is 34.8 Å². The van der Waals surface area contributed by atoms with Gasteiger partial charge >= 0.3 is 0 Å². The molecule has 2 amide bonds. The molecular weight excluding hydrogens is 552 g/mol. The van der Waals surface area contributed by atoms with Crippen molar-refractivity contribution in [3.8, 4) is 22.8 Å². The Hall–Kier alpha value is -5.21. The third-order valence-electron chi connectivity index (χ3n) is 6.70. The van der Waals surface area contributed by atoms with Crippen LogP contribution in [0.25, 0.3) is 11.3 Å². The Labute approximate surface area is 247 Å². The number of aromatic nitrogens is 2. The van der Waals surface area contributed by atoms with E-state index in [1.807, 2.05) is 61.5 Å². The van der Waals surface area contributed by atoms with E-state index in [1.54, 1.807) is 35.4 Å². The van der Waals surface area contributed by atoms with Gasteiger partial charge in [-0.1, -0.05) is 54.6 Å². The zero-order valence-corrected chi connectivity index (χ0v) is 23.4. The van der Waals surface area contributed by atoms with Crippen molar-refractivity contribution in [2.24, 2.45) is 0 Å². The lowest BCUT2D eigenvalue weighted by atomic mass is 10.1. The highest BCUT2D eigenvalue weighted by Gasteiger charge is 2.22. The minimum atomic E-state index is -0.444. The van der Waals surface area contributed by atoms with E-state index in [9.17, 15) is 19.8 Å². The quantitative estimate of drug-likeness (QED) is 0.186. The number of aryl methyl sites for hydroxylation is 1. The number of hydrogen-bond donors (Lipinski definition) is 3. The average molecular weight is 579 g/mol. The Bertz CT molecular complexity index is 1730. The molecule has 4 aromatic carbocycles. The molecule has 8 nitrogen and oxygen atoms in total. The summed E-state index contributed by atoms with van der Waals surface area (Å²) in [6.45, 7) is 2.44. The van der Waals surface area contributed by atoms with Crippen molar-refractivity contribution in [1.82, 2.24) is 15.3 Å². The second-order valence-electron chi connectivity index (χ2n) is 9.68. The smallest absolute Gasteiger partial charge is 0.262 e. The highest BCUT2D eigenvalue weighted by molar-refractivity contribution is 6.28. The van der Waals surface area contributed by atoms with E-state index in [4.69, 9.17) is 11.6 Å². The van der Waals surface area contributed by atoms with Crippen LogP contribution in [0.4, 0.5) is 5.69 Å². The van der Waals surface area contributed by atoms with E-state index in [1.165, 1.54) is 12.1 Å². The van der Waals surface area contributed by atoms with Gasteiger partial charge in [0.1, 0.15) is 11.5 Å². The molecule has 0 aliphatic rings. The number of hydrogen-bond acceptors (Lipinski definition) is 6. The Morgan fingerprint density at radius 1 is 0.881 bits per heavy atom. The molecule has 0 radical (unpaired) electrons. The third-order valence-corrected chi connectivity index (χ3v) is 6.89. The summed E-state index contributed by atoms with van der Waals surface area (Å²) in [5.41, 5.74) is 5.32. The number of nitrogens with zero attached hydrogens (tertiary/aromatic N) is 3. The summed E-state index contributed by atoms with van der Waals surface area (Å²) in [5, 5.41) is 23.2. The van der Waals surface area contributed by atoms with Crippen LogP contribution in [0.1, 0.15) is 37.4 Å². The summed E-state index contributed by atoms with van der Waals surface area (Å²) in [5.74, 6) is -1.07. The minimum absolute atomic E-state index is 0.0514. The van der Waals surface area contributed by atoms with Gasteiger partial charge in [0, 0.05) is 35.6 Å². The van der Waals surface area contributed by atoms with E-state index in [0.717, 1.165) is 28.3 Å². The molecule has 210 valence electrons. The van der Waals surface area contributed by atoms with Gasteiger partial charge in [0.2, 0.25) is 5.28 Å². The van der Waals surface area contributed by atoms with E-state index in [0.29, 0.717) is 23.5 Å². The molecule has 5 aromatic rings. The van der Waals surface area contributed by atoms with Crippen LogP contribution in [0.15, 0.2) is 103 Å². The van der Waals surface area contributed by atoms with Gasteiger partial charge in [-0.25, -0.2) is 9.97 Å². The van der Waals surface area contributed by atoms with E-state index in [2.05, 4.69) is 15.3 Å². The number of halogens is 1. The number of nitrogens with one attached hydrogen (secondary N) is 1. The molecule has 0 atom stereocenters. The molecule has 0 unspecified atom stereocenters. The largest absolute Gasteiger partial charge is 0.508 e. The van der Waals surface area contributed by atoms with Gasteiger partial charge in [0.15, 0.2) is 0 Å². The Morgan fingerprint density at radius 3 is 2.26 bits per heavy atom. The summed E-state index contributed by atoms with van der Waals surface area (Å²) in [7, 11) is 0.